The van der Waals surface area contributed by atoms with Crippen LogP contribution < -0.4 is 0 Å². The number of aliphatic carboxylic acids is 1. The van der Waals surface area contributed by atoms with Crippen molar-refractivity contribution in [3.8, 4) is 0 Å². The number of carboxylic acids is 1. The Morgan fingerprint density at radius 2 is 2.55 bits per heavy atom. The molecule has 0 aromatic carbocycles. The van der Waals surface area contributed by atoms with Crippen LogP contribution in [0.4, 0.5) is 0 Å². The summed E-state index contributed by atoms with van der Waals surface area (Å²) in [6.45, 7) is 0. The summed E-state index contributed by atoms with van der Waals surface area (Å²) in [5.74, 6) is -1.03. The number of carboxylic acid groups (broad SMARTS) is 1. The van der Waals surface area contributed by atoms with E-state index in [9.17, 15) is 4.79 Å². The summed E-state index contributed by atoms with van der Waals surface area (Å²) in [7, 11) is 0. The van der Waals surface area contributed by atoms with Gasteiger partial charge in [-0.3, -0.25) is 9.89 Å². The van der Waals surface area contributed by atoms with Crippen molar-refractivity contribution in [2.24, 2.45) is 0 Å². The third-order valence-corrected chi connectivity index (χ3v) is 1.27. The molecule has 0 radical (unpaired) electrons. The van der Waals surface area contributed by atoms with Gasteiger partial charge in [0.2, 0.25) is 0 Å². The van der Waals surface area contributed by atoms with Crippen LogP contribution in [0.25, 0.3) is 0 Å². The molecule has 0 aliphatic rings. The van der Waals surface area contributed by atoms with Crippen LogP contribution in [-0.4, -0.2) is 26.4 Å². The topological polar surface area (TPSA) is 86.2 Å². The lowest BCUT2D eigenvalue weighted by Crippen LogP contribution is -2.04. The Bertz CT molecular complexity index is 232. The molecule has 0 bridgehead atoms. The van der Waals surface area contributed by atoms with E-state index in [2.05, 4.69) is 10.2 Å². The lowest BCUT2D eigenvalue weighted by Gasteiger charge is -2.02. The second-order valence-electron chi connectivity index (χ2n) is 2.15. The Morgan fingerprint density at radius 1 is 1.82 bits per heavy atom. The number of aliphatic hydroxyl groups is 1. The van der Waals surface area contributed by atoms with Crippen molar-refractivity contribution < 1.29 is 15.0 Å². The van der Waals surface area contributed by atoms with E-state index in [-0.39, 0.29) is 6.42 Å². The van der Waals surface area contributed by atoms with E-state index >= 15 is 0 Å². The van der Waals surface area contributed by atoms with Crippen LogP contribution in [0.2, 0.25) is 0 Å². The molecule has 0 saturated heterocycles. The van der Waals surface area contributed by atoms with Crippen LogP contribution in [0.1, 0.15) is 18.1 Å². The van der Waals surface area contributed by atoms with Crippen molar-refractivity contribution in [1.29, 1.82) is 0 Å². The predicted octanol–water partition coefficient (Wildman–Crippen LogP) is -0.0822. The average molecular weight is 156 g/mol. The zero-order valence-electron chi connectivity index (χ0n) is 5.69. The van der Waals surface area contributed by atoms with E-state index in [1.807, 2.05) is 0 Å². The molecule has 3 N–H and O–H groups in total. The molecule has 0 fully saturated rings. The number of hydrogen-bond donors (Lipinski definition) is 3. The molecule has 5 heteroatoms. The van der Waals surface area contributed by atoms with E-state index in [0.29, 0.717) is 5.56 Å². The van der Waals surface area contributed by atoms with Crippen molar-refractivity contribution in [3.63, 3.8) is 0 Å². The van der Waals surface area contributed by atoms with Gasteiger partial charge in [0.1, 0.15) is 0 Å². The minimum atomic E-state index is -1.03. The maximum atomic E-state index is 10.1. The molecule has 11 heavy (non-hydrogen) atoms. The number of nitrogens with zero attached hydrogens (tertiary/aromatic N) is 1. The van der Waals surface area contributed by atoms with Crippen molar-refractivity contribution in [1.82, 2.24) is 10.2 Å². The molecule has 1 aromatic rings. The number of nitrogens with one attached hydrogen (secondary N) is 1. The molecule has 0 aliphatic heterocycles. The number of H-pyrrole nitrogens is 1. The Kier molecular flexibility index (Phi) is 2.22. The largest absolute Gasteiger partial charge is 0.481 e. The smallest absolute Gasteiger partial charge is 0.306 e. The van der Waals surface area contributed by atoms with E-state index in [0.717, 1.165) is 0 Å². The lowest BCUT2D eigenvalue weighted by molar-refractivity contribution is -0.139. The molecule has 0 spiro atoms. The Labute approximate surface area is 62.7 Å². The maximum Gasteiger partial charge on any atom is 0.306 e. The van der Waals surface area contributed by atoms with Gasteiger partial charge in [-0.25, -0.2) is 0 Å². The van der Waals surface area contributed by atoms with E-state index in [4.69, 9.17) is 10.2 Å². The first kappa shape index (κ1) is 7.74. The first-order valence-electron chi connectivity index (χ1n) is 3.08. The van der Waals surface area contributed by atoms with E-state index < -0.39 is 12.1 Å². The highest BCUT2D eigenvalue weighted by Crippen LogP contribution is 2.13. The molecule has 1 aromatic heterocycles. The second-order valence-corrected chi connectivity index (χ2v) is 2.15. The van der Waals surface area contributed by atoms with Crippen molar-refractivity contribution in [2.75, 3.05) is 0 Å². The molecule has 0 aliphatic carbocycles. The molecule has 1 heterocycles. The normalized spacial score (nSPS) is 12.8. The number of aromatic amines is 1. The van der Waals surface area contributed by atoms with Gasteiger partial charge in [0, 0.05) is 11.8 Å². The quantitative estimate of drug-likeness (QED) is 0.571. The fraction of sp³-hybridized carbons (Fsp3) is 0.333. The standard InChI is InChI=1S/C6H8N2O3/c9-5(1-6(10)11)4-2-7-8-3-4/h2-3,5,9H,1H2,(H,7,8)(H,10,11)/t5-/m0/s1. The first-order valence-corrected chi connectivity index (χ1v) is 3.08. The van der Waals surface area contributed by atoms with Crippen LogP contribution in [-0.2, 0) is 4.79 Å². The summed E-state index contributed by atoms with van der Waals surface area (Å²) in [6, 6.07) is 0. The average Bonchev–Trinajstić information content (AvgIpc) is 2.35. The molecular weight excluding hydrogens is 148 g/mol. The summed E-state index contributed by atoms with van der Waals surface area (Å²) in [5, 5.41) is 23.5. The van der Waals surface area contributed by atoms with Gasteiger partial charge in [-0.1, -0.05) is 0 Å². The highest BCUT2D eigenvalue weighted by Gasteiger charge is 2.11. The maximum absolute atomic E-state index is 10.1. The number of aliphatic hydroxyl groups excluding tert-OH is 1. The lowest BCUT2D eigenvalue weighted by atomic mass is 10.1. The van der Waals surface area contributed by atoms with Gasteiger partial charge in [-0.15, -0.1) is 0 Å². The molecule has 1 rings (SSSR count). The highest BCUT2D eigenvalue weighted by atomic mass is 16.4. The van der Waals surface area contributed by atoms with Crippen LogP contribution in [0.15, 0.2) is 12.4 Å². The Balaban J connectivity index is 2.56. The summed E-state index contributed by atoms with van der Waals surface area (Å²) in [6.07, 6.45) is 1.60. The summed E-state index contributed by atoms with van der Waals surface area (Å²) >= 11 is 0. The Morgan fingerprint density at radius 3 is 3.00 bits per heavy atom. The zero-order chi connectivity index (χ0) is 8.27. The van der Waals surface area contributed by atoms with Crippen molar-refractivity contribution in [2.45, 2.75) is 12.5 Å². The fourth-order valence-corrected chi connectivity index (χ4v) is 0.726. The van der Waals surface area contributed by atoms with Gasteiger partial charge in [0.25, 0.3) is 0 Å². The highest BCUT2D eigenvalue weighted by molar-refractivity contribution is 5.67. The van der Waals surface area contributed by atoms with Crippen LogP contribution in [0, 0.1) is 0 Å². The molecule has 0 amide bonds. The molecular formula is C6H8N2O3. The van der Waals surface area contributed by atoms with Crippen LogP contribution in [0.3, 0.4) is 0 Å². The van der Waals surface area contributed by atoms with Gasteiger partial charge < -0.3 is 10.2 Å². The third kappa shape index (κ3) is 2.05. The molecule has 5 nitrogen and oxygen atoms in total. The van der Waals surface area contributed by atoms with E-state index in [1.54, 1.807) is 0 Å². The van der Waals surface area contributed by atoms with Gasteiger partial charge in [-0.05, 0) is 0 Å². The van der Waals surface area contributed by atoms with Gasteiger partial charge >= 0.3 is 5.97 Å². The van der Waals surface area contributed by atoms with Crippen molar-refractivity contribution in [3.05, 3.63) is 18.0 Å². The van der Waals surface area contributed by atoms with Crippen molar-refractivity contribution >= 4 is 5.97 Å². The Hall–Kier alpha value is -1.36. The SMILES string of the molecule is O=C(O)C[C@H](O)c1cn[nH]c1. The van der Waals surface area contributed by atoms with Gasteiger partial charge in [0.15, 0.2) is 0 Å². The molecule has 1 atom stereocenters. The molecule has 60 valence electrons. The number of carbonyl (C=O) groups is 1. The fourth-order valence-electron chi connectivity index (χ4n) is 0.726. The minimum absolute atomic E-state index is 0.292. The minimum Gasteiger partial charge on any atom is -0.481 e. The monoisotopic (exact) mass is 156 g/mol. The summed E-state index contributed by atoms with van der Waals surface area (Å²) in [5.41, 5.74) is 0.493. The van der Waals surface area contributed by atoms with E-state index in [1.165, 1.54) is 12.4 Å². The van der Waals surface area contributed by atoms with Crippen LogP contribution in [0.5, 0.6) is 0 Å². The number of hydrogen-bond acceptors (Lipinski definition) is 3. The second kappa shape index (κ2) is 3.16. The summed E-state index contributed by atoms with van der Waals surface area (Å²) in [4.78, 5) is 10.1. The van der Waals surface area contributed by atoms with Gasteiger partial charge in [-0.2, -0.15) is 5.10 Å². The molecule has 0 unspecified atom stereocenters. The number of aromatic nitrogens is 2. The zero-order valence-corrected chi connectivity index (χ0v) is 5.69. The predicted molar refractivity (Wildman–Crippen MR) is 35.8 cm³/mol. The van der Waals surface area contributed by atoms with Gasteiger partial charge in [0.05, 0.1) is 18.7 Å². The summed E-state index contributed by atoms with van der Waals surface area (Å²) < 4.78 is 0. The van der Waals surface area contributed by atoms with Crippen LogP contribution >= 0.6 is 0 Å². The molecule has 0 saturated carbocycles. The third-order valence-electron chi connectivity index (χ3n) is 1.27. The number of rotatable bonds is 3. The first-order chi connectivity index (χ1) is 5.20.